The SMILES string of the molecule is COC(=O)c1ccc(-c2ccc(/C=C3\C=C(c4ccccc4)N(c4cccc(Cl)c4C)C3=O)o2)cc1. The summed E-state index contributed by atoms with van der Waals surface area (Å²) in [4.78, 5) is 27.0. The fraction of sp³-hybridized carbons (Fsp3) is 0.0667. The van der Waals surface area contributed by atoms with Gasteiger partial charge in [0.25, 0.3) is 5.91 Å². The lowest BCUT2D eigenvalue weighted by Gasteiger charge is -2.23. The second kappa shape index (κ2) is 9.72. The first-order valence-corrected chi connectivity index (χ1v) is 11.7. The maximum Gasteiger partial charge on any atom is 0.337 e. The van der Waals surface area contributed by atoms with E-state index in [-0.39, 0.29) is 5.91 Å². The molecule has 6 heteroatoms. The summed E-state index contributed by atoms with van der Waals surface area (Å²) >= 11 is 6.38. The van der Waals surface area contributed by atoms with E-state index in [1.807, 2.05) is 73.7 Å². The molecule has 1 aliphatic rings. The number of nitrogens with zero attached hydrogens (tertiary/aromatic N) is 1. The fourth-order valence-electron chi connectivity index (χ4n) is 4.14. The van der Waals surface area contributed by atoms with E-state index in [2.05, 4.69) is 0 Å². The van der Waals surface area contributed by atoms with Crippen molar-refractivity contribution in [1.82, 2.24) is 0 Å². The van der Waals surface area contributed by atoms with Crippen molar-refractivity contribution in [3.63, 3.8) is 0 Å². The van der Waals surface area contributed by atoms with Crippen LogP contribution in [0, 0.1) is 6.92 Å². The first kappa shape index (κ1) is 23.4. The van der Waals surface area contributed by atoms with Crippen LogP contribution in [-0.2, 0) is 9.53 Å². The number of benzene rings is 3. The molecule has 0 saturated heterocycles. The van der Waals surface area contributed by atoms with Crippen LogP contribution < -0.4 is 4.90 Å². The lowest BCUT2D eigenvalue weighted by atomic mass is 10.1. The van der Waals surface area contributed by atoms with E-state index in [4.69, 9.17) is 20.8 Å². The lowest BCUT2D eigenvalue weighted by Crippen LogP contribution is -2.25. The van der Waals surface area contributed by atoms with Crippen molar-refractivity contribution in [1.29, 1.82) is 0 Å². The maximum atomic E-state index is 13.6. The number of anilines is 1. The molecule has 0 spiro atoms. The average Bonchev–Trinajstić information content (AvgIpc) is 3.51. The summed E-state index contributed by atoms with van der Waals surface area (Å²) in [5.41, 5.74) is 5.00. The van der Waals surface area contributed by atoms with Gasteiger partial charge in [-0.05, 0) is 66.6 Å². The smallest absolute Gasteiger partial charge is 0.337 e. The molecule has 2 heterocycles. The van der Waals surface area contributed by atoms with Gasteiger partial charge in [0.05, 0.1) is 24.1 Å². The van der Waals surface area contributed by atoms with E-state index in [1.165, 1.54) is 7.11 Å². The minimum atomic E-state index is -0.397. The molecule has 5 nitrogen and oxygen atoms in total. The van der Waals surface area contributed by atoms with Gasteiger partial charge in [-0.2, -0.15) is 0 Å². The molecule has 0 saturated carbocycles. The third-order valence-electron chi connectivity index (χ3n) is 6.05. The Morgan fingerprint density at radius 3 is 2.39 bits per heavy atom. The van der Waals surface area contributed by atoms with Crippen molar-refractivity contribution < 1.29 is 18.7 Å². The molecule has 1 aliphatic heterocycles. The van der Waals surface area contributed by atoms with Gasteiger partial charge in [0.2, 0.25) is 0 Å². The Labute approximate surface area is 213 Å². The normalized spacial score (nSPS) is 14.3. The monoisotopic (exact) mass is 495 g/mol. The predicted molar refractivity (Wildman–Crippen MR) is 142 cm³/mol. The number of esters is 1. The van der Waals surface area contributed by atoms with Crippen LogP contribution in [0.2, 0.25) is 5.02 Å². The number of carbonyl (C=O) groups is 2. The Kier molecular flexibility index (Phi) is 6.32. The first-order valence-electron chi connectivity index (χ1n) is 11.3. The molecule has 0 aliphatic carbocycles. The van der Waals surface area contributed by atoms with Crippen molar-refractivity contribution in [2.24, 2.45) is 0 Å². The molecule has 5 rings (SSSR count). The van der Waals surface area contributed by atoms with Crippen LogP contribution in [0.1, 0.15) is 27.2 Å². The van der Waals surface area contributed by atoms with Crippen molar-refractivity contribution in [3.8, 4) is 11.3 Å². The van der Waals surface area contributed by atoms with Crippen LogP contribution in [0.5, 0.6) is 0 Å². The van der Waals surface area contributed by atoms with Crippen LogP contribution in [-0.4, -0.2) is 19.0 Å². The van der Waals surface area contributed by atoms with Gasteiger partial charge < -0.3 is 9.15 Å². The van der Waals surface area contributed by atoms with Crippen molar-refractivity contribution in [2.75, 3.05) is 12.0 Å². The molecule has 0 atom stereocenters. The first-order chi connectivity index (χ1) is 17.5. The molecule has 0 radical (unpaired) electrons. The Bertz CT molecular complexity index is 1510. The molecule has 178 valence electrons. The van der Waals surface area contributed by atoms with E-state index in [1.54, 1.807) is 35.2 Å². The standard InChI is InChI=1S/C30H22ClNO4/c1-19-25(31)9-6-10-26(19)32-27(20-7-4-3-5-8-20)18-23(29(32)33)17-24-15-16-28(36-24)21-11-13-22(14-12-21)30(34)35-2/h3-18H,1-2H3/b23-17+. The molecule has 1 amide bonds. The Hall–Kier alpha value is -4.35. The third-order valence-corrected chi connectivity index (χ3v) is 6.46. The highest BCUT2D eigenvalue weighted by atomic mass is 35.5. The average molecular weight is 496 g/mol. The number of rotatable bonds is 5. The van der Waals surface area contributed by atoms with E-state index in [9.17, 15) is 9.59 Å². The third kappa shape index (κ3) is 4.37. The Morgan fingerprint density at radius 2 is 1.67 bits per heavy atom. The number of furan rings is 1. The van der Waals surface area contributed by atoms with Gasteiger partial charge >= 0.3 is 5.97 Å². The summed E-state index contributed by atoms with van der Waals surface area (Å²) < 4.78 is 10.8. The van der Waals surface area contributed by atoms with Crippen molar-refractivity contribution >= 4 is 40.9 Å². The topological polar surface area (TPSA) is 59.8 Å². The summed E-state index contributed by atoms with van der Waals surface area (Å²) in [6, 6.07) is 25.9. The minimum Gasteiger partial charge on any atom is -0.465 e. The van der Waals surface area contributed by atoms with Crippen LogP contribution in [0.3, 0.4) is 0 Å². The maximum absolute atomic E-state index is 13.6. The minimum absolute atomic E-state index is 0.167. The highest BCUT2D eigenvalue weighted by molar-refractivity contribution is 6.32. The number of amides is 1. The van der Waals surface area contributed by atoms with Crippen LogP contribution >= 0.6 is 11.6 Å². The molecule has 0 fully saturated rings. The molecule has 36 heavy (non-hydrogen) atoms. The quantitative estimate of drug-likeness (QED) is 0.217. The highest BCUT2D eigenvalue weighted by Gasteiger charge is 2.31. The van der Waals surface area contributed by atoms with Crippen LogP contribution in [0.4, 0.5) is 5.69 Å². The zero-order valence-corrected chi connectivity index (χ0v) is 20.5. The summed E-state index contributed by atoms with van der Waals surface area (Å²) in [5, 5.41) is 0.596. The van der Waals surface area contributed by atoms with E-state index < -0.39 is 5.97 Å². The van der Waals surface area contributed by atoms with Gasteiger partial charge in [0.15, 0.2) is 0 Å². The highest BCUT2D eigenvalue weighted by Crippen LogP contribution is 2.38. The molecular formula is C30H22ClNO4. The van der Waals surface area contributed by atoms with Gasteiger partial charge in [0, 0.05) is 16.2 Å². The molecule has 1 aromatic heterocycles. The summed E-state index contributed by atoms with van der Waals surface area (Å²) in [7, 11) is 1.35. The zero-order valence-electron chi connectivity index (χ0n) is 19.7. The fourth-order valence-corrected chi connectivity index (χ4v) is 4.31. The predicted octanol–water partition coefficient (Wildman–Crippen LogP) is 7.17. The summed E-state index contributed by atoms with van der Waals surface area (Å²) in [6.45, 7) is 1.90. The number of carbonyl (C=O) groups excluding carboxylic acids is 2. The van der Waals surface area contributed by atoms with Crippen LogP contribution in [0.25, 0.3) is 23.1 Å². The van der Waals surface area contributed by atoms with Gasteiger partial charge in [-0.1, -0.05) is 60.1 Å². The molecule has 0 N–H and O–H groups in total. The summed E-state index contributed by atoms with van der Waals surface area (Å²) in [5.74, 6) is 0.600. The molecule has 3 aromatic carbocycles. The van der Waals surface area contributed by atoms with Gasteiger partial charge in [-0.15, -0.1) is 0 Å². The largest absolute Gasteiger partial charge is 0.465 e. The van der Waals surface area contributed by atoms with E-state index in [0.29, 0.717) is 27.7 Å². The number of methoxy groups -OCH3 is 1. The molecule has 0 bridgehead atoms. The van der Waals surface area contributed by atoms with E-state index in [0.717, 1.165) is 28.1 Å². The Morgan fingerprint density at radius 1 is 0.917 bits per heavy atom. The summed E-state index contributed by atoms with van der Waals surface area (Å²) in [6.07, 6.45) is 3.60. The van der Waals surface area contributed by atoms with Crippen molar-refractivity contribution in [3.05, 3.63) is 124 Å². The number of halogens is 1. The molecular weight excluding hydrogens is 474 g/mol. The number of hydrogen-bond acceptors (Lipinski definition) is 4. The number of hydrogen-bond donors (Lipinski definition) is 0. The second-order valence-corrected chi connectivity index (χ2v) is 8.70. The van der Waals surface area contributed by atoms with Gasteiger partial charge in [0.1, 0.15) is 11.5 Å². The number of ether oxygens (including phenoxy) is 1. The van der Waals surface area contributed by atoms with Crippen molar-refractivity contribution in [2.45, 2.75) is 6.92 Å². The zero-order chi connectivity index (χ0) is 25.2. The van der Waals surface area contributed by atoms with Gasteiger partial charge in [-0.25, -0.2) is 4.79 Å². The Balaban J connectivity index is 1.51. The molecule has 0 unspecified atom stereocenters. The van der Waals surface area contributed by atoms with Crippen LogP contribution in [0.15, 0.2) is 101 Å². The van der Waals surface area contributed by atoms with Gasteiger partial charge in [-0.3, -0.25) is 9.69 Å². The lowest BCUT2D eigenvalue weighted by molar-refractivity contribution is -0.113. The second-order valence-electron chi connectivity index (χ2n) is 8.29. The van der Waals surface area contributed by atoms with E-state index >= 15 is 0 Å². The molecule has 4 aromatic rings.